The minimum atomic E-state index is 0.266. The topological polar surface area (TPSA) is 16.1 Å². The van der Waals surface area contributed by atoms with E-state index in [1.807, 2.05) is 6.20 Å². The summed E-state index contributed by atoms with van der Waals surface area (Å²) in [5, 5.41) is 0. The Kier molecular flexibility index (Phi) is 2.68. The van der Waals surface area contributed by atoms with E-state index >= 15 is 0 Å². The van der Waals surface area contributed by atoms with Gasteiger partial charge in [0.05, 0.1) is 0 Å². The van der Waals surface area contributed by atoms with E-state index in [-0.39, 0.29) is 5.41 Å². The van der Waals surface area contributed by atoms with Gasteiger partial charge in [0.1, 0.15) is 5.82 Å². The van der Waals surface area contributed by atoms with E-state index in [4.69, 9.17) is 0 Å². The molecule has 2 heteroatoms. The second-order valence-corrected chi connectivity index (χ2v) is 4.98. The van der Waals surface area contributed by atoms with Crippen molar-refractivity contribution in [2.75, 3.05) is 18.0 Å². The minimum Gasteiger partial charge on any atom is -0.356 e. The van der Waals surface area contributed by atoms with Crippen LogP contribution in [0.15, 0.2) is 18.3 Å². The van der Waals surface area contributed by atoms with Gasteiger partial charge in [-0.25, -0.2) is 4.98 Å². The number of aromatic nitrogens is 1. The third-order valence-corrected chi connectivity index (χ3v) is 3.59. The summed E-state index contributed by atoms with van der Waals surface area (Å²) in [6.45, 7) is 9.17. The van der Waals surface area contributed by atoms with Gasteiger partial charge in [0.25, 0.3) is 0 Å². The Hall–Kier alpha value is -1.05. The van der Waals surface area contributed by atoms with Crippen molar-refractivity contribution in [3.63, 3.8) is 0 Å². The molecule has 82 valence electrons. The van der Waals surface area contributed by atoms with Crippen LogP contribution in [0, 0.1) is 0 Å². The number of pyridine rings is 1. The molecule has 1 aliphatic heterocycles. The Balaban J connectivity index is 2.25. The summed E-state index contributed by atoms with van der Waals surface area (Å²) < 4.78 is 0. The third-order valence-electron chi connectivity index (χ3n) is 3.59. The van der Waals surface area contributed by atoms with Crippen LogP contribution >= 0.6 is 0 Å². The van der Waals surface area contributed by atoms with Crippen molar-refractivity contribution in [1.29, 1.82) is 0 Å². The molecule has 0 radical (unpaired) electrons. The monoisotopic (exact) mass is 204 g/mol. The van der Waals surface area contributed by atoms with E-state index in [1.165, 1.54) is 25.1 Å². The Morgan fingerprint density at radius 1 is 1.40 bits per heavy atom. The maximum absolute atomic E-state index is 4.44. The van der Waals surface area contributed by atoms with Crippen LogP contribution in [0.3, 0.4) is 0 Å². The molecule has 0 aromatic carbocycles. The smallest absolute Gasteiger partial charge is 0.128 e. The van der Waals surface area contributed by atoms with Crippen LogP contribution in [0.2, 0.25) is 0 Å². The fourth-order valence-corrected chi connectivity index (χ4v) is 1.76. The molecule has 0 N–H and O–H groups in total. The minimum absolute atomic E-state index is 0.266. The molecule has 1 fully saturated rings. The molecule has 1 saturated heterocycles. The molecule has 2 rings (SSSR count). The summed E-state index contributed by atoms with van der Waals surface area (Å²) in [6, 6.07) is 4.40. The van der Waals surface area contributed by atoms with Crippen LogP contribution in [-0.4, -0.2) is 18.1 Å². The van der Waals surface area contributed by atoms with Gasteiger partial charge in [-0.2, -0.15) is 0 Å². The third kappa shape index (κ3) is 1.99. The van der Waals surface area contributed by atoms with Crippen molar-refractivity contribution in [2.24, 2.45) is 0 Å². The fraction of sp³-hybridized carbons (Fsp3) is 0.615. The first-order chi connectivity index (χ1) is 7.13. The van der Waals surface area contributed by atoms with Crippen LogP contribution in [0.4, 0.5) is 5.82 Å². The lowest BCUT2D eigenvalue weighted by Gasteiger charge is -2.33. The Labute approximate surface area is 92.3 Å². The molecule has 0 saturated carbocycles. The highest BCUT2D eigenvalue weighted by Gasteiger charge is 2.21. The Bertz CT molecular complexity index is 340. The van der Waals surface area contributed by atoms with Crippen molar-refractivity contribution in [1.82, 2.24) is 4.98 Å². The van der Waals surface area contributed by atoms with Crippen LogP contribution in [0.25, 0.3) is 0 Å². The predicted octanol–water partition coefficient (Wildman–Crippen LogP) is 2.98. The maximum Gasteiger partial charge on any atom is 0.128 e. The molecule has 1 aromatic heterocycles. The Morgan fingerprint density at radius 2 is 2.13 bits per heavy atom. The lowest BCUT2D eigenvalue weighted by molar-refractivity contribution is 0.504. The summed E-state index contributed by atoms with van der Waals surface area (Å²) in [7, 11) is 0. The lowest BCUT2D eigenvalue weighted by atomic mass is 9.83. The van der Waals surface area contributed by atoms with Gasteiger partial charge in [0.2, 0.25) is 0 Å². The molecule has 1 aliphatic rings. The van der Waals surface area contributed by atoms with Crippen LogP contribution in [0.1, 0.15) is 39.2 Å². The van der Waals surface area contributed by atoms with Gasteiger partial charge >= 0.3 is 0 Å². The second-order valence-electron chi connectivity index (χ2n) is 4.98. The van der Waals surface area contributed by atoms with Crippen molar-refractivity contribution in [3.8, 4) is 0 Å². The van der Waals surface area contributed by atoms with Gasteiger partial charge in [0, 0.05) is 19.3 Å². The van der Waals surface area contributed by atoms with Crippen molar-refractivity contribution in [3.05, 3.63) is 23.9 Å². The first-order valence-corrected chi connectivity index (χ1v) is 5.85. The van der Waals surface area contributed by atoms with E-state index in [0.717, 1.165) is 12.2 Å². The molecule has 0 bridgehead atoms. The molecular weight excluding hydrogens is 184 g/mol. The molecule has 0 spiro atoms. The summed E-state index contributed by atoms with van der Waals surface area (Å²) in [4.78, 5) is 6.78. The van der Waals surface area contributed by atoms with Gasteiger partial charge < -0.3 is 4.90 Å². The number of rotatable bonds is 3. The van der Waals surface area contributed by atoms with Gasteiger partial charge in [0.15, 0.2) is 0 Å². The molecule has 2 heterocycles. The summed E-state index contributed by atoms with van der Waals surface area (Å²) in [6.07, 6.45) is 4.42. The van der Waals surface area contributed by atoms with E-state index in [0.29, 0.717) is 0 Å². The SMILES string of the molecule is CCC(C)(C)c1ccnc(N2CCC2)c1. The Morgan fingerprint density at radius 3 is 2.67 bits per heavy atom. The number of hydrogen-bond donors (Lipinski definition) is 0. The first-order valence-electron chi connectivity index (χ1n) is 5.85. The van der Waals surface area contributed by atoms with E-state index in [9.17, 15) is 0 Å². The van der Waals surface area contributed by atoms with Gasteiger partial charge in [-0.05, 0) is 36.0 Å². The molecule has 0 amide bonds. The fourth-order valence-electron chi connectivity index (χ4n) is 1.76. The quantitative estimate of drug-likeness (QED) is 0.752. The normalized spacial score (nSPS) is 16.3. The molecular formula is C13H20N2. The van der Waals surface area contributed by atoms with E-state index in [2.05, 4.69) is 42.8 Å². The second kappa shape index (κ2) is 3.84. The molecule has 1 aromatic rings. The number of nitrogens with zero attached hydrogens (tertiary/aromatic N) is 2. The molecule has 0 unspecified atom stereocenters. The van der Waals surface area contributed by atoms with Crippen molar-refractivity contribution in [2.45, 2.75) is 39.0 Å². The zero-order valence-electron chi connectivity index (χ0n) is 9.95. The zero-order valence-corrected chi connectivity index (χ0v) is 9.95. The standard InChI is InChI=1S/C13H20N2/c1-4-13(2,3)11-6-7-14-12(10-11)15-8-5-9-15/h6-7,10H,4-5,8-9H2,1-3H3. The highest BCUT2D eigenvalue weighted by molar-refractivity contribution is 5.44. The highest BCUT2D eigenvalue weighted by atomic mass is 15.2. The predicted molar refractivity (Wildman–Crippen MR) is 64.4 cm³/mol. The van der Waals surface area contributed by atoms with Gasteiger partial charge in [-0.15, -0.1) is 0 Å². The molecule has 0 atom stereocenters. The molecule has 15 heavy (non-hydrogen) atoms. The summed E-state index contributed by atoms with van der Waals surface area (Å²) in [5.74, 6) is 1.15. The largest absolute Gasteiger partial charge is 0.356 e. The number of anilines is 1. The van der Waals surface area contributed by atoms with Crippen molar-refractivity contribution >= 4 is 5.82 Å². The lowest BCUT2D eigenvalue weighted by Crippen LogP contribution is -2.37. The van der Waals surface area contributed by atoms with Crippen LogP contribution in [0.5, 0.6) is 0 Å². The average molecular weight is 204 g/mol. The zero-order chi connectivity index (χ0) is 10.9. The number of hydrogen-bond acceptors (Lipinski definition) is 2. The van der Waals surface area contributed by atoms with Gasteiger partial charge in [-0.3, -0.25) is 0 Å². The van der Waals surface area contributed by atoms with Gasteiger partial charge in [-0.1, -0.05) is 20.8 Å². The van der Waals surface area contributed by atoms with Crippen molar-refractivity contribution < 1.29 is 0 Å². The molecule has 0 aliphatic carbocycles. The first kappa shape index (κ1) is 10.5. The highest BCUT2D eigenvalue weighted by Crippen LogP contribution is 2.29. The average Bonchev–Trinajstić information content (AvgIpc) is 2.16. The summed E-state index contributed by atoms with van der Waals surface area (Å²) in [5.41, 5.74) is 1.67. The molecule has 2 nitrogen and oxygen atoms in total. The van der Waals surface area contributed by atoms with E-state index in [1.54, 1.807) is 0 Å². The van der Waals surface area contributed by atoms with Crippen LogP contribution < -0.4 is 4.90 Å². The van der Waals surface area contributed by atoms with Crippen LogP contribution in [-0.2, 0) is 5.41 Å². The van der Waals surface area contributed by atoms with E-state index < -0.39 is 0 Å². The maximum atomic E-state index is 4.44. The summed E-state index contributed by atoms with van der Waals surface area (Å²) >= 11 is 0.